The number of esters is 2. The molecule has 0 saturated heterocycles. The number of aliphatic hydroxyl groups excluding tert-OH is 1. The molecule has 5 unspecified atom stereocenters. The zero-order chi connectivity index (χ0) is 22.8. The highest BCUT2D eigenvalue weighted by atomic mass is 16.5. The first kappa shape index (κ1) is 25.3. The van der Waals surface area contributed by atoms with Gasteiger partial charge in [0.25, 0.3) is 0 Å². The standard InChI is InChI=1S/C10H14O5.C10H12O5/c2*1-6(12)15-9-3-7(10(14)5-11)2-8(13)4-9/h5,7-9,13H,2-4H2,1H3;5,7,9H,2-4H2,1H3. The van der Waals surface area contributed by atoms with Gasteiger partial charge >= 0.3 is 11.9 Å². The Hall–Kier alpha value is -2.75. The highest BCUT2D eigenvalue weighted by molar-refractivity contribution is 6.26. The van der Waals surface area contributed by atoms with Crippen LogP contribution in [0.4, 0.5) is 0 Å². The van der Waals surface area contributed by atoms with Crippen molar-refractivity contribution >= 4 is 41.9 Å². The summed E-state index contributed by atoms with van der Waals surface area (Å²) in [6.07, 6.45) is 0.197. The van der Waals surface area contributed by atoms with E-state index in [9.17, 15) is 38.7 Å². The van der Waals surface area contributed by atoms with Crippen LogP contribution in [-0.2, 0) is 43.0 Å². The number of rotatable bonds is 6. The molecule has 30 heavy (non-hydrogen) atoms. The smallest absolute Gasteiger partial charge is 0.302 e. The molecule has 0 aromatic carbocycles. The number of hydrogen-bond acceptors (Lipinski definition) is 10. The maximum absolute atomic E-state index is 11.2. The topological polar surface area (TPSA) is 158 Å². The van der Waals surface area contributed by atoms with Crippen LogP contribution in [0.3, 0.4) is 0 Å². The van der Waals surface area contributed by atoms with Crippen molar-refractivity contribution in [3.63, 3.8) is 0 Å². The van der Waals surface area contributed by atoms with Crippen molar-refractivity contribution < 1.29 is 48.1 Å². The normalized spacial score (nSPS) is 28.2. The molecular formula is C20H26O10. The molecule has 0 aromatic rings. The third kappa shape index (κ3) is 8.73. The third-order valence-electron chi connectivity index (χ3n) is 4.82. The van der Waals surface area contributed by atoms with Crippen molar-refractivity contribution in [2.45, 2.75) is 70.7 Å². The fourth-order valence-corrected chi connectivity index (χ4v) is 3.63. The molecule has 2 aliphatic rings. The second-order valence-electron chi connectivity index (χ2n) is 7.44. The lowest BCUT2D eigenvalue weighted by Gasteiger charge is -2.30. The summed E-state index contributed by atoms with van der Waals surface area (Å²) in [7, 11) is 0. The summed E-state index contributed by atoms with van der Waals surface area (Å²) in [5, 5.41) is 9.45. The number of ketones is 3. The lowest BCUT2D eigenvalue weighted by molar-refractivity contribution is -0.153. The van der Waals surface area contributed by atoms with E-state index >= 15 is 0 Å². The largest absolute Gasteiger partial charge is 0.462 e. The lowest BCUT2D eigenvalue weighted by Crippen LogP contribution is -2.36. The molecule has 10 heteroatoms. The molecule has 2 saturated carbocycles. The van der Waals surface area contributed by atoms with Gasteiger partial charge in [0.1, 0.15) is 18.0 Å². The molecule has 166 valence electrons. The van der Waals surface area contributed by atoms with Crippen molar-refractivity contribution in [3.8, 4) is 0 Å². The molecule has 2 rings (SSSR count). The van der Waals surface area contributed by atoms with Crippen LogP contribution in [0, 0.1) is 11.8 Å². The van der Waals surface area contributed by atoms with E-state index in [1.165, 1.54) is 13.8 Å². The minimum Gasteiger partial charge on any atom is -0.462 e. The van der Waals surface area contributed by atoms with Crippen molar-refractivity contribution in [1.82, 2.24) is 0 Å². The summed E-state index contributed by atoms with van der Waals surface area (Å²) >= 11 is 0. The maximum Gasteiger partial charge on any atom is 0.302 e. The van der Waals surface area contributed by atoms with E-state index in [1.54, 1.807) is 0 Å². The van der Waals surface area contributed by atoms with Gasteiger partial charge in [0.15, 0.2) is 24.1 Å². The summed E-state index contributed by atoms with van der Waals surface area (Å²) < 4.78 is 9.78. The van der Waals surface area contributed by atoms with Gasteiger partial charge in [-0.2, -0.15) is 0 Å². The van der Waals surface area contributed by atoms with E-state index in [0.29, 0.717) is 12.8 Å². The van der Waals surface area contributed by atoms with Crippen molar-refractivity contribution in [2.24, 2.45) is 11.8 Å². The van der Waals surface area contributed by atoms with Gasteiger partial charge < -0.3 is 14.6 Å². The van der Waals surface area contributed by atoms with Crippen LogP contribution in [-0.4, -0.2) is 65.3 Å². The maximum atomic E-state index is 11.2. The summed E-state index contributed by atoms with van der Waals surface area (Å²) in [4.78, 5) is 75.4. The fraction of sp³-hybridized carbons (Fsp3) is 0.650. The van der Waals surface area contributed by atoms with Gasteiger partial charge in [-0.25, -0.2) is 0 Å². The molecule has 0 heterocycles. The Kier molecular flexibility index (Phi) is 10.2. The number of aldehydes is 2. The van der Waals surface area contributed by atoms with E-state index < -0.39 is 53.7 Å². The molecule has 2 fully saturated rings. The second-order valence-corrected chi connectivity index (χ2v) is 7.44. The summed E-state index contributed by atoms with van der Waals surface area (Å²) in [5.41, 5.74) is 0. The molecule has 0 radical (unpaired) electrons. The Morgan fingerprint density at radius 2 is 1.30 bits per heavy atom. The number of hydrogen-bond donors (Lipinski definition) is 1. The number of carbonyl (C=O) groups is 7. The molecule has 0 spiro atoms. The van der Waals surface area contributed by atoms with Crippen LogP contribution in [0.2, 0.25) is 0 Å². The van der Waals surface area contributed by atoms with Crippen LogP contribution < -0.4 is 0 Å². The summed E-state index contributed by atoms with van der Waals surface area (Å²) in [6, 6.07) is 0. The zero-order valence-corrected chi connectivity index (χ0v) is 16.9. The average molecular weight is 426 g/mol. The van der Waals surface area contributed by atoms with Crippen LogP contribution in [0.5, 0.6) is 0 Å². The van der Waals surface area contributed by atoms with Crippen LogP contribution in [0.25, 0.3) is 0 Å². The van der Waals surface area contributed by atoms with Crippen LogP contribution in [0.1, 0.15) is 52.4 Å². The molecule has 0 bridgehead atoms. The van der Waals surface area contributed by atoms with Gasteiger partial charge in [0.05, 0.1) is 6.10 Å². The Labute approximate surface area is 173 Å². The van der Waals surface area contributed by atoms with E-state index in [1.807, 2.05) is 0 Å². The van der Waals surface area contributed by atoms with Crippen molar-refractivity contribution in [2.75, 3.05) is 0 Å². The van der Waals surface area contributed by atoms with Gasteiger partial charge in [0, 0.05) is 44.9 Å². The first-order chi connectivity index (χ1) is 14.0. The number of ether oxygens (including phenoxy) is 2. The number of Topliss-reactive ketones (excluding diaryl/α,β-unsaturated/α-hetero) is 3. The van der Waals surface area contributed by atoms with Gasteiger partial charge in [-0.3, -0.25) is 33.6 Å². The fourth-order valence-electron chi connectivity index (χ4n) is 3.63. The lowest BCUT2D eigenvalue weighted by atomic mass is 9.83. The van der Waals surface area contributed by atoms with E-state index in [-0.39, 0.29) is 44.0 Å². The van der Waals surface area contributed by atoms with Gasteiger partial charge in [-0.1, -0.05) is 0 Å². The third-order valence-corrected chi connectivity index (χ3v) is 4.82. The zero-order valence-electron chi connectivity index (χ0n) is 16.9. The van der Waals surface area contributed by atoms with Crippen molar-refractivity contribution in [3.05, 3.63) is 0 Å². The minimum atomic E-state index is -0.683. The number of carbonyl (C=O) groups excluding carboxylic acids is 7. The Bertz CT molecular complexity index is 696. The Morgan fingerprint density at radius 1 is 0.800 bits per heavy atom. The molecular weight excluding hydrogens is 400 g/mol. The van der Waals surface area contributed by atoms with Gasteiger partial charge in [0.2, 0.25) is 0 Å². The van der Waals surface area contributed by atoms with E-state index in [2.05, 4.69) is 0 Å². The summed E-state index contributed by atoms with van der Waals surface area (Å²) in [6.45, 7) is 2.52. The highest BCUT2D eigenvalue weighted by Gasteiger charge is 2.34. The predicted octanol–water partition coefficient (Wildman–Crippen LogP) is -0.0976. The van der Waals surface area contributed by atoms with Gasteiger partial charge in [-0.15, -0.1) is 0 Å². The van der Waals surface area contributed by atoms with Gasteiger partial charge in [-0.05, 0) is 19.3 Å². The minimum absolute atomic E-state index is 0.0787. The SMILES string of the molecule is CC(=O)OC1CC(=O)CC(C(=O)C=O)C1.CC(=O)OC1CC(O)CC(C(=O)C=O)C1. The molecule has 0 aromatic heterocycles. The van der Waals surface area contributed by atoms with Crippen LogP contribution >= 0.6 is 0 Å². The summed E-state index contributed by atoms with van der Waals surface area (Å²) in [5.74, 6) is -3.33. The molecule has 5 atom stereocenters. The molecule has 10 nitrogen and oxygen atoms in total. The first-order valence-electron chi connectivity index (χ1n) is 9.57. The Balaban J connectivity index is 0.000000300. The monoisotopic (exact) mass is 426 g/mol. The molecule has 2 aliphatic carbocycles. The quantitative estimate of drug-likeness (QED) is 0.345. The van der Waals surface area contributed by atoms with E-state index in [0.717, 1.165) is 0 Å². The average Bonchev–Trinajstić information content (AvgIpc) is 2.65. The van der Waals surface area contributed by atoms with E-state index in [4.69, 9.17) is 9.47 Å². The highest BCUT2D eigenvalue weighted by Crippen LogP contribution is 2.27. The second kappa shape index (κ2) is 12.1. The Morgan fingerprint density at radius 3 is 1.83 bits per heavy atom. The first-order valence-corrected chi connectivity index (χ1v) is 9.57. The number of aliphatic hydroxyl groups is 1. The van der Waals surface area contributed by atoms with Crippen LogP contribution in [0.15, 0.2) is 0 Å². The molecule has 0 amide bonds. The molecule has 1 N–H and O–H groups in total. The predicted molar refractivity (Wildman–Crippen MR) is 98.9 cm³/mol. The van der Waals surface area contributed by atoms with Crippen molar-refractivity contribution in [1.29, 1.82) is 0 Å². The molecule has 0 aliphatic heterocycles.